The average molecular weight is 299 g/mol. The van der Waals surface area contributed by atoms with Gasteiger partial charge < -0.3 is 0 Å². The van der Waals surface area contributed by atoms with Gasteiger partial charge in [0, 0.05) is 25.2 Å². The molecule has 3 heterocycles. The third kappa shape index (κ3) is 2.17. The first kappa shape index (κ1) is 13.4. The molecule has 1 saturated carbocycles. The molecule has 0 N–H and O–H groups in total. The summed E-state index contributed by atoms with van der Waals surface area (Å²) in [6.45, 7) is 0.136. The molecule has 7 nitrogen and oxygen atoms in total. The molecule has 7 heteroatoms. The van der Waals surface area contributed by atoms with Crippen LogP contribution in [0.5, 0.6) is 0 Å². The van der Waals surface area contributed by atoms with Crippen molar-refractivity contribution in [2.75, 3.05) is 0 Å². The fourth-order valence-corrected chi connectivity index (χ4v) is 3.67. The summed E-state index contributed by atoms with van der Waals surface area (Å²) in [6.07, 6.45) is 8.57. The van der Waals surface area contributed by atoms with Gasteiger partial charge in [-0.1, -0.05) is 12.8 Å². The molecule has 1 saturated heterocycles. The van der Waals surface area contributed by atoms with Crippen LogP contribution in [0.3, 0.4) is 0 Å². The first-order valence-corrected chi connectivity index (χ1v) is 7.65. The molecule has 1 spiro atoms. The summed E-state index contributed by atoms with van der Waals surface area (Å²) in [7, 11) is 0. The van der Waals surface area contributed by atoms with Crippen molar-refractivity contribution in [3.63, 3.8) is 0 Å². The number of likely N-dealkylation sites (tertiary alicyclic amines) is 1. The second kappa shape index (κ2) is 4.86. The van der Waals surface area contributed by atoms with Crippen LogP contribution in [0.4, 0.5) is 0 Å². The monoisotopic (exact) mass is 299 g/mol. The standard InChI is InChI=1S/C15H17N5O2/c21-12-8-15(4-1-2-5-15)9-13(22)19(12)10-11-17-14-16-6-3-7-20(14)18-11/h3,6-7H,1-2,4-5,8-10H2. The minimum absolute atomic E-state index is 0.0709. The van der Waals surface area contributed by atoms with Gasteiger partial charge in [0.1, 0.15) is 0 Å². The number of rotatable bonds is 2. The van der Waals surface area contributed by atoms with Gasteiger partial charge in [0.05, 0.1) is 6.54 Å². The summed E-state index contributed by atoms with van der Waals surface area (Å²) in [6, 6.07) is 1.76. The average Bonchev–Trinajstić information content (AvgIpc) is 3.09. The van der Waals surface area contributed by atoms with Crippen LogP contribution < -0.4 is 0 Å². The number of amides is 2. The van der Waals surface area contributed by atoms with Gasteiger partial charge >= 0.3 is 0 Å². The van der Waals surface area contributed by atoms with Crippen molar-refractivity contribution in [1.82, 2.24) is 24.5 Å². The fourth-order valence-electron chi connectivity index (χ4n) is 3.67. The molecule has 22 heavy (non-hydrogen) atoms. The van der Waals surface area contributed by atoms with E-state index in [1.165, 1.54) is 4.90 Å². The van der Waals surface area contributed by atoms with Gasteiger partial charge in [0.2, 0.25) is 11.8 Å². The van der Waals surface area contributed by atoms with Crippen LogP contribution >= 0.6 is 0 Å². The number of hydrogen-bond donors (Lipinski definition) is 0. The zero-order chi connectivity index (χ0) is 15.2. The molecular formula is C15H17N5O2. The minimum Gasteiger partial charge on any atom is -0.275 e. The van der Waals surface area contributed by atoms with E-state index in [1.54, 1.807) is 23.0 Å². The summed E-state index contributed by atoms with van der Waals surface area (Å²) < 4.78 is 1.55. The van der Waals surface area contributed by atoms with Gasteiger partial charge in [-0.25, -0.2) is 9.50 Å². The predicted molar refractivity (Wildman–Crippen MR) is 76.5 cm³/mol. The van der Waals surface area contributed by atoms with E-state index in [0.29, 0.717) is 24.4 Å². The van der Waals surface area contributed by atoms with E-state index in [0.717, 1.165) is 25.7 Å². The predicted octanol–water partition coefficient (Wildman–Crippen LogP) is 1.33. The topological polar surface area (TPSA) is 80.5 Å². The lowest BCUT2D eigenvalue weighted by molar-refractivity contribution is -0.154. The Balaban J connectivity index is 1.55. The van der Waals surface area contributed by atoms with Gasteiger partial charge in [0.15, 0.2) is 5.82 Å². The molecule has 2 amide bonds. The van der Waals surface area contributed by atoms with Crippen LogP contribution in [0.1, 0.15) is 44.3 Å². The number of carbonyl (C=O) groups is 2. The smallest absolute Gasteiger partial charge is 0.252 e. The van der Waals surface area contributed by atoms with E-state index in [-0.39, 0.29) is 23.8 Å². The molecular weight excluding hydrogens is 282 g/mol. The van der Waals surface area contributed by atoms with Crippen molar-refractivity contribution < 1.29 is 9.59 Å². The van der Waals surface area contributed by atoms with Crippen LogP contribution in [0, 0.1) is 5.41 Å². The van der Waals surface area contributed by atoms with Crippen molar-refractivity contribution in [2.24, 2.45) is 5.41 Å². The highest BCUT2D eigenvalue weighted by molar-refractivity contribution is 5.98. The van der Waals surface area contributed by atoms with E-state index in [1.807, 2.05) is 0 Å². The maximum atomic E-state index is 12.4. The summed E-state index contributed by atoms with van der Waals surface area (Å²) >= 11 is 0. The fraction of sp³-hybridized carbons (Fsp3) is 0.533. The molecule has 0 bridgehead atoms. The maximum Gasteiger partial charge on any atom is 0.252 e. The van der Waals surface area contributed by atoms with Gasteiger partial charge in [-0.15, -0.1) is 5.10 Å². The highest BCUT2D eigenvalue weighted by atomic mass is 16.2. The molecule has 2 aliphatic rings. The quantitative estimate of drug-likeness (QED) is 0.782. The van der Waals surface area contributed by atoms with E-state index in [9.17, 15) is 9.59 Å². The highest BCUT2D eigenvalue weighted by Gasteiger charge is 2.45. The molecule has 4 rings (SSSR count). The largest absolute Gasteiger partial charge is 0.275 e. The summed E-state index contributed by atoms with van der Waals surface area (Å²) in [5.74, 6) is 0.736. The lowest BCUT2D eigenvalue weighted by Gasteiger charge is -2.36. The van der Waals surface area contributed by atoms with Crippen molar-refractivity contribution in [3.8, 4) is 0 Å². The molecule has 0 radical (unpaired) electrons. The Labute approximate surface area is 127 Å². The van der Waals surface area contributed by atoms with Crippen LogP contribution in [0.2, 0.25) is 0 Å². The number of fused-ring (bicyclic) bond motifs is 1. The lowest BCUT2D eigenvalue weighted by atomic mass is 9.76. The van der Waals surface area contributed by atoms with E-state index < -0.39 is 0 Å². The summed E-state index contributed by atoms with van der Waals surface area (Å²) in [5, 5.41) is 4.26. The third-order valence-electron chi connectivity index (χ3n) is 4.78. The molecule has 2 aromatic heterocycles. The Morgan fingerprint density at radius 3 is 2.55 bits per heavy atom. The van der Waals surface area contributed by atoms with Crippen LogP contribution in [0.25, 0.3) is 5.78 Å². The first-order valence-electron chi connectivity index (χ1n) is 7.65. The molecule has 114 valence electrons. The molecule has 0 atom stereocenters. The molecule has 1 aliphatic heterocycles. The zero-order valence-electron chi connectivity index (χ0n) is 12.2. The Kier molecular flexibility index (Phi) is 2.95. The SMILES string of the molecule is O=C1CC2(CCCC2)CC(=O)N1Cc1nc2ncccn2n1. The normalized spacial score (nSPS) is 21.2. The number of hydrogen-bond acceptors (Lipinski definition) is 5. The minimum atomic E-state index is -0.0926. The number of aromatic nitrogens is 4. The molecule has 1 aliphatic carbocycles. The molecule has 2 aromatic rings. The molecule has 2 fully saturated rings. The van der Waals surface area contributed by atoms with E-state index in [2.05, 4.69) is 15.1 Å². The van der Waals surface area contributed by atoms with Crippen molar-refractivity contribution in [3.05, 3.63) is 24.3 Å². The van der Waals surface area contributed by atoms with Crippen molar-refractivity contribution in [2.45, 2.75) is 45.1 Å². The van der Waals surface area contributed by atoms with Gasteiger partial charge in [0.25, 0.3) is 5.78 Å². The second-order valence-corrected chi connectivity index (χ2v) is 6.33. The van der Waals surface area contributed by atoms with Crippen LogP contribution in [-0.4, -0.2) is 36.3 Å². The molecule has 0 aromatic carbocycles. The van der Waals surface area contributed by atoms with Crippen molar-refractivity contribution in [1.29, 1.82) is 0 Å². The Bertz CT molecular complexity index is 694. The first-order chi connectivity index (χ1) is 10.7. The Morgan fingerprint density at radius 2 is 1.86 bits per heavy atom. The van der Waals surface area contributed by atoms with Gasteiger partial charge in [-0.05, 0) is 24.3 Å². The summed E-state index contributed by atoms with van der Waals surface area (Å²) in [5.41, 5.74) is -0.0709. The van der Waals surface area contributed by atoms with Gasteiger partial charge in [-0.3, -0.25) is 14.5 Å². The zero-order valence-corrected chi connectivity index (χ0v) is 12.2. The van der Waals surface area contributed by atoms with Crippen LogP contribution in [0.15, 0.2) is 18.5 Å². The van der Waals surface area contributed by atoms with E-state index in [4.69, 9.17) is 0 Å². The lowest BCUT2D eigenvalue weighted by Crippen LogP contribution is -2.46. The van der Waals surface area contributed by atoms with Crippen molar-refractivity contribution >= 4 is 17.6 Å². The summed E-state index contributed by atoms with van der Waals surface area (Å²) in [4.78, 5) is 34.5. The second-order valence-electron chi connectivity index (χ2n) is 6.33. The maximum absolute atomic E-state index is 12.4. The number of carbonyl (C=O) groups excluding carboxylic acids is 2. The van der Waals surface area contributed by atoms with Gasteiger partial charge in [-0.2, -0.15) is 4.98 Å². The third-order valence-corrected chi connectivity index (χ3v) is 4.78. The Hall–Kier alpha value is -2.31. The van der Waals surface area contributed by atoms with Crippen LogP contribution in [-0.2, 0) is 16.1 Å². The highest BCUT2D eigenvalue weighted by Crippen LogP contribution is 2.47. The van der Waals surface area contributed by atoms with E-state index >= 15 is 0 Å². The number of nitrogens with zero attached hydrogens (tertiary/aromatic N) is 5. The Morgan fingerprint density at radius 1 is 1.14 bits per heavy atom. The number of piperidine rings is 1. The number of imide groups is 1. The molecule has 0 unspecified atom stereocenters.